The molecule has 0 aliphatic carbocycles. The highest BCUT2D eigenvalue weighted by Gasteiger charge is 2.40. The third-order valence-corrected chi connectivity index (χ3v) is 3.97. The number of thiocarbonyl (C=S) groups is 1. The standard InChI is InChI=1S/C14H16F4N2S/c15-12-2-1-9(7-11(12)13(19)21)8-20-5-3-10(4-6-20)14(16,17)18/h1-2,7,10H,3-6,8H2,(H2,19,21). The van der Waals surface area contributed by atoms with E-state index in [2.05, 4.69) is 0 Å². The molecule has 1 fully saturated rings. The van der Waals surface area contributed by atoms with Crippen LogP contribution in [0.15, 0.2) is 18.2 Å². The van der Waals surface area contributed by atoms with E-state index in [0.717, 1.165) is 5.56 Å². The average Bonchev–Trinajstić information content (AvgIpc) is 2.40. The first kappa shape index (κ1) is 16.2. The second-order valence-corrected chi connectivity index (χ2v) is 5.71. The van der Waals surface area contributed by atoms with Crippen LogP contribution in [0.25, 0.3) is 0 Å². The van der Waals surface area contributed by atoms with Crippen LogP contribution in [0.4, 0.5) is 17.6 Å². The van der Waals surface area contributed by atoms with E-state index in [0.29, 0.717) is 19.6 Å². The first-order valence-electron chi connectivity index (χ1n) is 6.64. The van der Waals surface area contributed by atoms with Gasteiger partial charge in [-0.1, -0.05) is 18.3 Å². The van der Waals surface area contributed by atoms with Crippen molar-refractivity contribution in [1.29, 1.82) is 0 Å². The number of rotatable bonds is 3. The molecular formula is C14H16F4N2S. The fourth-order valence-corrected chi connectivity index (χ4v) is 2.69. The zero-order valence-corrected chi connectivity index (χ0v) is 12.1. The number of alkyl halides is 3. The summed E-state index contributed by atoms with van der Waals surface area (Å²) in [5.74, 6) is -1.70. The molecule has 2 N–H and O–H groups in total. The Hall–Kier alpha value is -1.21. The fourth-order valence-electron chi connectivity index (χ4n) is 2.54. The maximum Gasteiger partial charge on any atom is 0.391 e. The topological polar surface area (TPSA) is 29.3 Å². The average molecular weight is 320 g/mol. The quantitative estimate of drug-likeness (QED) is 0.685. The summed E-state index contributed by atoms with van der Waals surface area (Å²) in [5, 5.41) is 0. The Balaban J connectivity index is 1.98. The molecule has 1 aromatic rings. The minimum Gasteiger partial charge on any atom is -0.389 e. The molecule has 1 aliphatic heterocycles. The molecule has 1 aliphatic rings. The van der Waals surface area contributed by atoms with E-state index in [1.165, 1.54) is 6.07 Å². The summed E-state index contributed by atoms with van der Waals surface area (Å²) < 4.78 is 51.3. The lowest BCUT2D eigenvalue weighted by molar-refractivity contribution is -0.185. The molecule has 0 amide bonds. The highest BCUT2D eigenvalue weighted by Crippen LogP contribution is 2.34. The molecule has 1 saturated heterocycles. The van der Waals surface area contributed by atoms with Crippen LogP contribution >= 0.6 is 12.2 Å². The predicted molar refractivity (Wildman–Crippen MR) is 76.3 cm³/mol. The van der Waals surface area contributed by atoms with Crippen molar-refractivity contribution in [3.05, 3.63) is 35.1 Å². The number of piperidine rings is 1. The summed E-state index contributed by atoms with van der Waals surface area (Å²) in [4.78, 5) is 1.91. The van der Waals surface area contributed by atoms with E-state index in [1.54, 1.807) is 12.1 Å². The van der Waals surface area contributed by atoms with E-state index in [-0.39, 0.29) is 23.4 Å². The molecule has 2 nitrogen and oxygen atoms in total. The van der Waals surface area contributed by atoms with Crippen LogP contribution < -0.4 is 5.73 Å². The van der Waals surface area contributed by atoms with Gasteiger partial charge in [0.05, 0.1) is 5.92 Å². The van der Waals surface area contributed by atoms with Crippen molar-refractivity contribution in [2.24, 2.45) is 11.7 Å². The van der Waals surface area contributed by atoms with Gasteiger partial charge in [0.15, 0.2) is 0 Å². The Labute approximate surface area is 125 Å². The van der Waals surface area contributed by atoms with Gasteiger partial charge in [-0.15, -0.1) is 0 Å². The number of hydrogen-bond acceptors (Lipinski definition) is 2. The summed E-state index contributed by atoms with van der Waals surface area (Å²) in [6.07, 6.45) is -3.90. The second kappa shape index (κ2) is 6.27. The van der Waals surface area contributed by atoms with Gasteiger partial charge in [0.2, 0.25) is 0 Å². The molecule has 0 bridgehead atoms. The molecule has 0 saturated carbocycles. The molecule has 0 radical (unpaired) electrons. The Bertz CT molecular complexity index is 522. The van der Waals surface area contributed by atoms with E-state index in [1.807, 2.05) is 4.90 Å². The normalized spacial score (nSPS) is 17.9. The van der Waals surface area contributed by atoms with Gasteiger partial charge < -0.3 is 5.73 Å². The van der Waals surface area contributed by atoms with Crippen LogP contribution in [0, 0.1) is 11.7 Å². The highest BCUT2D eigenvalue weighted by atomic mass is 32.1. The van der Waals surface area contributed by atoms with Gasteiger partial charge in [-0.25, -0.2) is 4.39 Å². The van der Waals surface area contributed by atoms with E-state index >= 15 is 0 Å². The van der Waals surface area contributed by atoms with Crippen LogP contribution in [-0.2, 0) is 6.54 Å². The molecule has 116 valence electrons. The summed E-state index contributed by atoms with van der Waals surface area (Å²) in [7, 11) is 0. The lowest BCUT2D eigenvalue weighted by atomic mass is 9.96. The van der Waals surface area contributed by atoms with E-state index in [9.17, 15) is 17.6 Å². The summed E-state index contributed by atoms with van der Waals surface area (Å²) in [6.45, 7) is 1.23. The van der Waals surface area contributed by atoms with Gasteiger partial charge in [0, 0.05) is 12.1 Å². The maximum absolute atomic E-state index is 13.5. The van der Waals surface area contributed by atoms with Crippen LogP contribution in [0.1, 0.15) is 24.0 Å². The Morgan fingerprint density at radius 3 is 2.43 bits per heavy atom. The predicted octanol–water partition coefficient (Wildman–Crippen LogP) is 3.23. The molecule has 21 heavy (non-hydrogen) atoms. The molecule has 1 aromatic carbocycles. The van der Waals surface area contributed by atoms with Gasteiger partial charge in [-0.3, -0.25) is 4.90 Å². The highest BCUT2D eigenvalue weighted by molar-refractivity contribution is 7.80. The summed E-state index contributed by atoms with van der Waals surface area (Å²) in [5.41, 5.74) is 6.41. The number of hydrogen-bond donors (Lipinski definition) is 1. The Morgan fingerprint density at radius 2 is 1.90 bits per heavy atom. The van der Waals surface area contributed by atoms with Crippen molar-refractivity contribution >= 4 is 17.2 Å². The minimum absolute atomic E-state index is 0.0230. The largest absolute Gasteiger partial charge is 0.391 e. The van der Waals surface area contributed by atoms with Crippen LogP contribution in [-0.4, -0.2) is 29.2 Å². The SMILES string of the molecule is NC(=S)c1cc(CN2CCC(C(F)(F)F)CC2)ccc1F. The zero-order chi connectivity index (χ0) is 15.6. The number of nitrogens with zero attached hydrogens (tertiary/aromatic N) is 1. The minimum atomic E-state index is -4.11. The molecular weight excluding hydrogens is 304 g/mol. The number of halogens is 4. The van der Waals surface area contributed by atoms with Gasteiger partial charge in [0.1, 0.15) is 10.8 Å². The smallest absolute Gasteiger partial charge is 0.389 e. The van der Waals surface area contributed by atoms with Gasteiger partial charge in [-0.05, 0) is 43.6 Å². The van der Waals surface area contributed by atoms with Crippen molar-refractivity contribution in [1.82, 2.24) is 4.90 Å². The zero-order valence-electron chi connectivity index (χ0n) is 11.3. The lowest BCUT2D eigenvalue weighted by Gasteiger charge is -2.32. The molecule has 1 heterocycles. The maximum atomic E-state index is 13.5. The van der Waals surface area contributed by atoms with Crippen LogP contribution in [0.5, 0.6) is 0 Å². The first-order valence-corrected chi connectivity index (χ1v) is 7.05. The van der Waals surface area contributed by atoms with Crippen molar-refractivity contribution in [2.45, 2.75) is 25.6 Å². The van der Waals surface area contributed by atoms with E-state index < -0.39 is 17.9 Å². The molecule has 0 spiro atoms. The summed E-state index contributed by atoms with van der Waals surface area (Å²) in [6, 6.07) is 4.45. The van der Waals surface area contributed by atoms with Gasteiger partial charge in [-0.2, -0.15) is 13.2 Å². The fraction of sp³-hybridized carbons (Fsp3) is 0.500. The van der Waals surface area contributed by atoms with Crippen molar-refractivity contribution in [3.63, 3.8) is 0 Å². The lowest BCUT2D eigenvalue weighted by Crippen LogP contribution is -2.38. The van der Waals surface area contributed by atoms with Crippen molar-refractivity contribution < 1.29 is 17.6 Å². The molecule has 7 heteroatoms. The van der Waals surface area contributed by atoms with Crippen LogP contribution in [0.3, 0.4) is 0 Å². The third-order valence-electron chi connectivity index (χ3n) is 3.75. The first-order chi connectivity index (χ1) is 9.77. The monoisotopic (exact) mass is 320 g/mol. The van der Waals surface area contributed by atoms with Crippen LogP contribution in [0.2, 0.25) is 0 Å². The molecule has 0 aromatic heterocycles. The molecule has 0 atom stereocenters. The molecule has 0 unspecified atom stereocenters. The van der Waals surface area contributed by atoms with E-state index in [4.69, 9.17) is 18.0 Å². The molecule has 2 rings (SSSR count). The van der Waals surface area contributed by atoms with Crippen molar-refractivity contribution in [2.75, 3.05) is 13.1 Å². The van der Waals surface area contributed by atoms with Crippen molar-refractivity contribution in [3.8, 4) is 0 Å². The van der Waals surface area contributed by atoms with Gasteiger partial charge >= 0.3 is 6.18 Å². The number of benzene rings is 1. The third kappa shape index (κ3) is 4.14. The number of nitrogens with two attached hydrogens (primary N) is 1. The number of likely N-dealkylation sites (tertiary alicyclic amines) is 1. The second-order valence-electron chi connectivity index (χ2n) is 5.27. The Morgan fingerprint density at radius 1 is 1.29 bits per heavy atom. The van der Waals surface area contributed by atoms with Gasteiger partial charge in [0.25, 0.3) is 0 Å². The summed E-state index contributed by atoms with van der Waals surface area (Å²) >= 11 is 4.77. The Kier molecular flexibility index (Phi) is 4.83.